The Bertz CT molecular complexity index is 545. The normalized spacial score (nSPS) is 10.1. The SMILES string of the molecule is CC.CCC(=O)N(Cc1ccc(-c2ccno2)cc1)C(C)C. The molecule has 22 heavy (non-hydrogen) atoms. The first kappa shape index (κ1) is 18.0. The second-order valence-electron chi connectivity index (χ2n) is 5.04. The highest BCUT2D eigenvalue weighted by atomic mass is 16.5. The van der Waals surface area contributed by atoms with E-state index in [1.54, 1.807) is 6.20 Å². The largest absolute Gasteiger partial charge is 0.356 e. The Balaban J connectivity index is 0.00000116. The lowest BCUT2D eigenvalue weighted by Crippen LogP contribution is -2.35. The second kappa shape index (κ2) is 9.03. The van der Waals surface area contributed by atoms with Crippen molar-refractivity contribution in [3.05, 3.63) is 42.1 Å². The van der Waals surface area contributed by atoms with Crippen LogP contribution in [0.15, 0.2) is 41.1 Å². The van der Waals surface area contributed by atoms with Crippen LogP contribution < -0.4 is 0 Å². The summed E-state index contributed by atoms with van der Waals surface area (Å²) in [5, 5.41) is 3.70. The summed E-state index contributed by atoms with van der Waals surface area (Å²) < 4.78 is 5.12. The van der Waals surface area contributed by atoms with Crippen molar-refractivity contribution < 1.29 is 9.32 Å². The molecule has 0 unspecified atom stereocenters. The van der Waals surface area contributed by atoms with Crippen LogP contribution in [0.4, 0.5) is 0 Å². The van der Waals surface area contributed by atoms with Crippen molar-refractivity contribution >= 4 is 5.91 Å². The molecule has 1 amide bonds. The van der Waals surface area contributed by atoms with Crippen LogP contribution in [0.2, 0.25) is 0 Å². The summed E-state index contributed by atoms with van der Waals surface area (Å²) in [6.45, 7) is 10.6. The van der Waals surface area contributed by atoms with E-state index in [9.17, 15) is 4.79 Å². The molecule has 1 aromatic heterocycles. The fourth-order valence-corrected chi connectivity index (χ4v) is 2.10. The van der Waals surface area contributed by atoms with Crippen molar-refractivity contribution in [2.75, 3.05) is 0 Å². The number of rotatable bonds is 5. The summed E-state index contributed by atoms with van der Waals surface area (Å²) in [4.78, 5) is 13.8. The molecule has 1 aromatic carbocycles. The minimum atomic E-state index is 0.180. The van der Waals surface area contributed by atoms with Gasteiger partial charge in [0.2, 0.25) is 5.91 Å². The third-order valence-electron chi connectivity index (χ3n) is 3.28. The number of hydrogen-bond donors (Lipinski definition) is 0. The molecule has 2 aromatic rings. The first-order valence-electron chi connectivity index (χ1n) is 7.91. The summed E-state index contributed by atoms with van der Waals surface area (Å²) in [7, 11) is 0. The lowest BCUT2D eigenvalue weighted by Gasteiger charge is -2.26. The van der Waals surface area contributed by atoms with Crippen molar-refractivity contribution in [1.29, 1.82) is 0 Å². The highest BCUT2D eigenvalue weighted by molar-refractivity contribution is 5.76. The van der Waals surface area contributed by atoms with Gasteiger partial charge in [-0.15, -0.1) is 0 Å². The van der Waals surface area contributed by atoms with E-state index >= 15 is 0 Å². The molecule has 2 rings (SSSR count). The highest BCUT2D eigenvalue weighted by Crippen LogP contribution is 2.20. The molecule has 0 saturated heterocycles. The van der Waals surface area contributed by atoms with Crippen LogP contribution in [0, 0.1) is 0 Å². The molecule has 0 saturated carbocycles. The number of hydrogen-bond acceptors (Lipinski definition) is 3. The summed E-state index contributed by atoms with van der Waals surface area (Å²) in [6, 6.07) is 10.1. The second-order valence-corrected chi connectivity index (χ2v) is 5.04. The fourth-order valence-electron chi connectivity index (χ4n) is 2.10. The molecule has 0 radical (unpaired) electrons. The van der Waals surface area contributed by atoms with Crippen LogP contribution in [0.3, 0.4) is 0 Å². The molecule has 0 fully saturated rings. The number of benzene rings is 1. The zero-order chi connectivity index (χ0) is 16.5. The van der Waals surface area contributed by atoms with Gasteiger partial charge in [-0.1, -0.05) is 50.2 Å². The molecule has 1 heterocycles. The van der Waals surface area contributed by atoms with E-state index in [1.165, 1.54) is 0 Å². The topological polar surface area (TPSA) is 46.3 Å². The fraction of sp³-hybridized carbons (Fsp3) is 0.444. The van der Waals surface area contributed by atoms with Gasteiger partial charge >= 0.3 is 0 Å². The van der Waals surface area contributed by atoms with Crippen LogP contribution >= 0.6 is 0 Å². The van der Waals surface area contributed by atoms with Gasteiger partial charge in [0, 0.05) is 30.6 Å². The molecule has 0 aliphatic heterocycles. The lowest BCUT2D eigenvalue weighted by molar-refractivity contribution is -0.133. The standard InChI is InChI=1S/C16H20N2O2.C2H6/c1-4-16(19)18(12(2)3)11-13-5-7-14(8-6-13)15-9-10-17-20-15;1-2/h5-10,12H,4,11H2,1-3H3;1-2H3. The number of nitrogens with zero attached hydrogens (tertiary/aromatic N) is 2. The van der Waals surface area contributed by atoms with E-state index < -0.39 is 0 Å². The Morgan fingerprint density at radius 1 is 1.18 bits per heavy atom. The highest BCUT2D eigenvalue weighted by Gasteiger charge is 2.15. The summed E-state index contributed by atoms with van der Waals surface area (Å²) in [5.41, 5.74) is 2.10. The molecule has 0 aliphatic carbocycles. The first-order chi connectivity index (χ1) is 10.6. The maximum atomic E-state index is 11.9. The van der Waals surface area contributed by atoms with Gasteiger partial charge in [0.1, 0.15) is 0 Å². The summed E-state index contributed by atoms with van der Waals surface area (Å²) >= 11 is 0. The van der Waals surface area contributed by atoms with E-state index in [2.05, 4.69) is 5.16 Å². The molecule has 0 atom stereocenters. The molecular formula is C18H26N2O2. The number of aromatic nitrogens is 1. The van der Waals surface area contributed by atoms with Crippen LogP contribution in [0.25, 0.3) is 11.3 Å². The minimum Gasteiger partial charge on any atom is -0.356 e. The van der Waals surface area contributed by atoms with Crippen LogP contribution in [0.1, 0.15) is 46.6 Å². The van der Waals surface area contributed by atoms with Crippen molar-refractivity contribution in [3.63, 3.8) is 0 Å². The van der Waals surface area contributed by atoms with Crippen molar-refractivity contribution in [1.82, 2.24) is 10.1 Å². The molecule has 0 aliphatic rings. The Morgan fingerprint density at radius 2 is 1.82 bits per heavy atom. The molecule has 4 nitrogen and oxygen atoms in total. The van der Waals surface area contributed by atoms with Crippen molar-refractivity contribution in [2.45, 2.75) is 53.6 Å². The van der Waals surface area contributed by atoms with Gasteiger partial charge in [-0.25, -0.2) is 0 Å². The Morgan fingerprint density at radius 3 is 2.27 bits per heavy atom. The van der Waals surface area contributed by atoms with Crippen LogP contribution in [-0.2, 0) is 11.3 Å². The smallest absolute Gasteiger partial charge is 0.222 e. The number of carbonyl (C=O) groups is 1. The zero-order valence-corrected chi connectivity index (χ0v) is 14.2. The third kappa shape index (κ3) is 4.72. The van der Waals surface area contributed by atoms with E-state index in [-0.39, 0.29) is 11.9 Å². The van der Waals surface area contributed by atoms with Crippen molar-refractivity contribution in [3.8, 4) is 11.3 Å². The quantitative estimate of drug-likeness (QED) is 0.816. The Kier molecular flexibility index (Phi) is 7.37. The predicted molar refractivity (Wildman–Crippen MR) is 89.3 cm³/mol. The van der Waals surface area contributed by atoms with Gasteiger partial charge in [0.15, 0.2) is 5.76 Å². The third-order valence-corrected chi connectivity index (χ3v) is 3.28. The van der Waals surface area contributed by atoms with E-state index in [0.717, 1.165) is 16.9 Å². The van der Waals surface area contributed by atoms with Gasteiger partial charge in [0.05, 0.1) is 6.20 Å². The van der Waals surface area contributed by atoms with Gasteiger partial charge in [-0.2, -0.15) is 0 Å². The molecule has 120 valence electrons. The number of amides is 1. The summed E-state index contributed by atoms with van der Waals surface area (Å²) in [6.07, 6.45) is 2.16. The number of carbonyl (C=O) groups excluding carboxylic acids is 1. The Hall–Kier alpha value is -2.10. The summed E-state index contributed by atoms with van der Waals surface area (Å²) in [5.74, 6) is 0.932. The van der Waals surface area contributed by atoms with E-state index in [4.69, 9.17) is 4.52 Å². The predicted octanol–water partition coefficient (Wildman–Crippen LogP) is 4.51. The zero-order valence-electron chi connectivity index (χ0n) is 14.2. The average Bonchev–Trinajstić information content (AvgIpc) is 3.08. The van der Waals surface area contributed by atoms with Gasteiger partial charge in [-0.3, -0.25) is 4.79 Å². The molecule has 0 spiro atoms. The van der Waals surface area contributed by atoms with Gasteiger partial charge in [0.25, 0.3) is 0 Å². The maximum absolute atomic E-state index is 11.9. The maximum Gasteiger partial charge on any atom is 0.222 e. The van der Waals surface area contributed by atoms with Gasteiger partial charge in [-0.05, 0) is 19.4 Å². The van der Waals surface area contributed by atoms with E-state index in [0.29, 0.717) is 13.0 Å². The first-order valence-corrected chi connectivity index (χ1v) is 7.91. The minimum absolute atomic E-state index is 0.180. The molecule has 0 bridgehead atoms. The molecular weight excluding hydrogens is 276 g/mol. The molecule has 4 heteroatoms. The van der Waals surface area contributed by atoms with Crippen LogP contribution in [0.5, 0.6) is 0 Å². The lowest BCUT2D eigenvalue weighted by atomic mass is 10.1. The van der Waals surface area contributed by atoms with Crippen molar-refractivity contribution in [2.24, 2.45) is 0 Å². The van der Waals surface area contributed by atoms with Gasteiger partial charge < -0.3 is 9.42 Å². The Labute approximate surface area is 133 Å². The average molecular weight is 302 g/mol. The van der Waals surface area contributed by atoms with Crippen LogP contribution in [-0.4, -0.2) is 22.0 Å². The van der Waals surface area contributed by atoms with E-state index in [1.807, 2.05) is 69.9 Å². The molecule has 0 N–H and O–H groups in total. The monoisotopic (exact) mass is 302 g/mol.